The van der Waals surface area contributed by atoms with E-state index in [4.69, 9.17) is 14.3 Å². The number of Topliss-reactive ketones (excluding diaryl/α,β-unsaturated/α-hetero) is 2. The molecule has 0 aromatic heterocycles. The van der Waals surface area contributed by atoms with Gasteiger partial charge in [-0.25, -0.2) is 0 Å². The number of rotatable bonds is 4. The molecule has 4 rings (SSSR count). The number of halogens is 1. The summed E-state index contributed by atoms with van der Waals surface area (Å²) in [6.45, 7) is 0. The van der Waals surface area contributed by atoms with Gasteiger partial charge in [0.15, 0.2) is 11.6 Å². The number of hydroxylamine groups is 1. The molecular formula is C17H18BrNO5. The van der Waals surface area contributed by atoms with Crippen LogP contribution < -0.4 is 10.2 Å². The zero-order chi connectivity index (χ0) is 17.0. The summed E-state index contributed by atoms with van der Waals surface area (Å²) in [7, 11) is 3.09. The molecule has 3 aliphatic rings. The van der Waals surface area contributed by atoms with Gasteiger partial charge in [0.05, 0.1) is 44.3 Å². The minimum atomic E-state index is -0.766. The molecule has 1 aliphatic carbocycles. The monoisotopic (exact) mass is 395 g/mol. The Labute approximate surface area is 147 Å². The zero-order valence-electron chi connectivity index (χ0n) is 13.3. The summed E-state index contributed by atoms with van der Waals surface area (Å²) in [5.41, 5.74) is 3.53. The van der Waals surface area contributed by atoms with Crippen LogP contribution in [-0.4, -0.2) is 44.0 Å². The Balaban J connectivity index is 1.69. The van der Waals surface area contributed by atoms with Crippen molar-refractivity contribution in [3.63, 3.8) is 0 Å². The number of hydrogen-bond donors (Lipinski definition) is 1. The van der Waals surface area contributed by atoms with Crippen LogP contribution >= 0.6 is 15.9 Å². The van der Waals surface area contributed by atoms with Crippen molar-refractivity contribution in [2.24, 2.45) is 11.8 Å². The van der Waals surface area contributed by atoms with Crippen molar-refractivity contribution >= 4 is 27.5 Å². The largest absolute Gasteiger partial charge is 0.496 e. The minimum absolute atomic E-state index is 0.0472. The Bertz CT molecular complexity index is 708. The molecule has 2 saturated heterocycles. The maximum absolute atomic E-state index is 13.1. The Kier molecular flexibility index (Phi) is 3.99. The smallest absolute Gasteiger partial charge is 0.154 e. The summed E-state index contributed by atoms with van der Waals surface area (Å²) in [6.07, 6.45) is 0.168. The van der Waals surface area contributed by atoms with Crippen molar-refractivity contribution in [2.45, 2.75) is 30.6 Å². The molecule has 2 aliphatic heterocycles. The van der Waals surface area contributed by atoms with Crippen molar-refractivity contribution in [3.8, 4) is 5.75 Å². The van der Waals surface area contributed by atoms with Gasteiger partial charge in [-0.3, -0.25) is 9.59 Å². The van der Waals surface area contributed by atoms with Gasteiger partial charge in [0, 0.05) is 10.0 Å². The standard InChI is InChI=1S/C17H18BrNO5/c1-22-10-5-7(18)3-4-8(10)12-15(20)13-11-6-9(19-23-2)17(24-11)14(13)16(12)21/h3-5,9,11-14,17,19H,6H2,1-2H3/t9-,11?,12?,13-,14+,17?/m0/s1. The lowest BCUT2D eigenvalue weighted by molar-refractivity contribution is -0.127. The molecule has 0 amide bonds. The number of hydrogen-bond acceptors (Lipinski definition) is 6. The average molecular weight is 396 g/mol. The summed E-state index contributed by atoms with van der Waals surface area (Å²) >= 11 is 3.39. The maximum atomic E-state index is 13.1. The second-order valence-corrected chi connectivity index (χ2v) is 7.39. The third-order valence-corrected chi connectivity index (χ3v) is 5.85. The fourth-order valence-corrected chi connectivity index (χ4v) is 4.80. The highest BCUT2D eigenvalue weighted by atomic mass is 79.9. The summed E-state index contributed by atoms with van der Waals surface area (Å²) in [6, 6.07) is 5.35. The predicted molar refractivity (Wildman–Crippen MR) is 87.6 cm³/mol. The minimum Gasteiger partial charge on any atom is -0.496 e. The highest BCUT2D eigenvalue weighted by Crippen LogP contribution is 2.53. The number of fused-ring (bicyclic) bond motifs is 5. The summed E-state index contributed by atoms with van der Waals surface area (Å²) < 4.78 is 12.1. The Morgan fingerprint density at radius 2 is 1.96 bits per heavy atom. The predicted octanol–water partition coefficient (Wildman–Crippen LogP) is 1.62. The number of benzene rings is 1. The molecule has 2 heterocycles. The van der Waals surface area contributed by atoms with Gasteiger partial charge < -0.3 is 14.3 Å². The Hall–Kier alpha value is -1.28. The van der Waals surface area contributed by atoms with Gasteiger partial charge in [-0.05, 0) is 18.6 Å². The molecule has 24 heavy (non-hydrogen) atoms. The molecule has 1 aromatic rings. The average Bonchev–Trinajstić information content (AvgIpc) is 3.20. The first-order valence-corrected chi connectivity index (χ1v) is 8.71. The van der Waals surface area contributed by atoms with Crippen LogP contribution in [0.25, 0.3) is 0 Å². The first-order chi connectivity index (χ1) is 11.6. The number of ketones is 2. The van der Waals surface area contributed by atoms with Gasteiger partial charge in [0.25, 0.3) is 0 Å². The van der Waals surface area contributed by atoms with Crippen LogP contribution in [0.2, 0.25) is 0 Å². The SMILES string of the molecule is CON[C@H]1CC2OC1[C@H]1C(=O)C(c3ccc(Br)cc3OC)C(=O)[C@@H]21. The number of methoxy groups -OCH3 is 1. The van der Waals surface area contributed by atoms with Crippen LogP contribution in [-0.2, 0) is 19.2 Å². The molecule has 7 heteroatoms. The number of carbonyl (C=O) groups is 2. The van der Waals surface area contributed by atoms with Crippen LogP contribution in [0.15, 0.2) is 22.7 Å². The third-order valence-electron chi connectivity index (χ3n) is 5.36. The van der Waals surface area contributed by atoms with Crippen LogP contribution in [0.1, 0.15) is 17.9 Å². The Morgan fingerprint density at radius 3 is 2.67 bits per heavy atom. The van der Waals surface area contributed by atoms with E-state index in [0.29, 0.717) is 17.7 Å². The number of nitrogens with one attached hydrogen (secondary N) is 1. The van der Waals surface area contributed by atoms with E-state index in [1.807, 2.05) is 6.07 Å². The van der Waals surface area contributed by atoms with Gasteiger partial charge in [0.2, 0.25) is 0 Å². The van der Waals surface area contributed by atoms with Crippen molar-refractivity contribution in [1.29, 1.82) is 0 Å². The maximum Gasteiger partial charge on any atom is 0.154 e. The van der Waals surface area contributed by atoms with E-state index in [2.05, 4.69) is 21.4 Å². The highest BCUT2D eigenvalue weighted by molar-refractivity contribution is 9.10. The van der Waals surface area contributed by atoms with Crippen LogP contribution in [0.5, 0.6) is 5.75 Å². The molecule has 1 N–H and O–H groups in total. The van der Waals surface area contributed by atoms with Crippen molar-refractivity contribution in [1.82, 2.24) is 5.48 Å². The third kappa shape index (κ3) is 2.19. The fourth-order valence-electron chi connectivity index (χ4n) is 4.46. The first-order valence-electron chi connectivity index (χ1n) is 7.91. The van der Waals surface area contributed by atoms with Crippen LogP contribution in [0.4, 0.5) is 0 Å². The normalized spacial score (nSPS) is 37.1. The van der Waals surface area contributed by atoms with E-state index in [1.165, 1.54) is 0 Å². The molecule has 0 spiro atoms. The second kappa shape index (κ2) is 5.91. The number of ether oxygens (including phenoxy) is 2. The van der Waals surface area contributed by atoms with E-state index in [0.717, 1.165) is 4.47 Å². The molecule has 6 atom stereocenters. The summed E-state index contributed by atoms with van der Waals surface area (Å²) in [4.78, 5) is 31.0. The molecule has 1 aromatic carbocycles. The van der Waals surface area contributed by atoms with Gasteiger partial charge in [-0.2, -0.15) is 5.48 Å². The molecule has 3 unspecified atom stereocenters. The highest BCUT2D eigenvalue weighted by Gasteiger charge is 2.66. The lowest BCUT2D eigenvalue weighted by Gasteiger charge is -2.25. The lowest BCUT2D eigenvalue weighted by Crippen LogP contribution is -2.45. The zero-order valence-corrected chi connectivity index (χ0v) is 14.9. The molecule has 2 bridgehead atoms. The second-order valence-electron chi connectivity index (χ2n) is 6.48. The van der Waals surface area contributed by atoms with Crippen LogP contribution in [0.3, 0.4) is 0 Å². The van der Waals surface area contributed by atoms with Gasteiger partial charge in [0.1, 0.15) is 11.7 Å². The number of carbonyl (C=O) groups excluding carboxylic acids is 2. The van der Waals surface area contributed by atoms with E-state index >= 15 is 0 Å². The van der Waals surface area contributed by atoms with Crippen molar-refractivity contribution in [3.05, 3.63) is 28.2 Å². The molecule has 1 saturated carbocycles. The van der Waals surface area contributed by atoms with E-state index < -0.39 is 11.8 Å². The van der Waals surface area contributed by atoms with Gasteiger partial charge in [-0.1, -0.05) is 22.0 Å². The molecule has 0 radical (unpaired) electrons. The first kappa shape index (κ1) is 16.2. The summed E-state index contributed by atoms with van der Waals surface area (Å²) in [5, 5.41) is 0. The topological polar surface area (TPSA) is 73.9 Å². The Morgan fingerprint density at radius 1 is 1.21 bits per heavy atom. The van der Waals surface area contributed by atoms with Crippen LogP contribution in [0, 0.1) is 11.8 Å². The molecule has 3 fully saturated rings. The van der Waals surface area contributed by atoms with Crippen molar-refractivity contribution in [2.75, 3.05) is 14.2 Å². The molecular weight excluding hydrogens is 378 g/mol. The van der Waals surface area contributed by atoms with Gasteiger partial charge in [-0.15, -0.1) is 0 Å². The van der Waals surface area contributed by atoms with E-state index in [9.17, 15) is 9.59 Å². The molecule has 6 nitrogen and oxygen atoms in total. The van der Waals surface area contributed by atoms with E-state index in [-0.39, 0.29) is 35.7 Å². The lowest BCUT2D eigenvalue weighted by atomic mass is 9.79. The fraction of sp³-hybridized carbons (Fsp3) is 0.529. The van der Waals surface area contributed by atoms with Gasteiger partial charge >= 0.3 is 0 Å². The quantitative estimate of drug-likeness (QED) is 0.616. The summed E-state index contributed by atoms with van der Waals surface area (Å²) in [5.74, 6) is -1.08. The van der Waals surface area contributed by atoms with Crippen molar-refractivity contribution < 1.29 is 23.9 Å². The molecule has 128 valence electrons. The van der Waals surface area contributed by atoms with E-state index in [1.54, 1.807) is 26.4 Å².